The molecule has 0 spiro atoms. The summed E-state index contributed by atoms with van der Waals surface area (Å²) >= 11 is 0. The van der Waals surface area contributed by atoms with Crippen molar-refractivity contribution >= 4 is 28.4 Å². The molecule has 1 saturated heterocycles. The first-order chi connectivity index (χ1) is 17.8. The van der Waals surface area contributed by atoms with E-state index in [-0.39, 0.29) is 11.8 Å². The minimum atomic E-state index is -0.667. The number of fused-ring (bicyclic) bond motifs is 1. The van der Waals surface area contributed by atoms with Crippen LogP contribution in [0.4, 0.5) is 11.5 Å². The van der Waals surface area contributed by atoms with Crippen LogP contribution < -0.4 is 15.8 Å². The molecule has 37 heavy (non-hydrogen) atoms. The van der Waals surface area contributed by atoms with Crippen LogP contribution >= 0.6 is 0 Å². The molecule has 1 amide bonds. The summed E-state index contributed by atoms with van der Waals surface area (Å²) in [6.07, 6.45) is 2.95. The first-order valence-electron chi connectivity index (χ1n) is 12.2. The van der Waals surface area contributed by atoms with Gasteiger partial charge >= 0.3 is 0 Å². The van der Waals surface area contributed by atoms with Gasteiger partial charge in [-0.15, -0.1) is 0 Å². The van der Waals surface area contributed by atoms with Crippen molar-refractivity contribution < 1.29 is 14.3 Å². The summed E-state index contributed by atoms with van der Waals surface area (Å²) in [7, 11) is 5.76. The van der Waals surface area contributed by atoms with E-state index < -0.39 is 5.91 Å². The third kappa shape index (κ3) is 4.98. The molecule has 2 atom stereocenters. The number of imidazole rings is 1. The van der Waals surface area contributed by atoms with Gasteiger partial charge in [0.05, 0.1) is 34.9 Å². The number of para-hydroxylation sites is 1. The van der Waals surface area contributed by atoms with E-state index >= 15 is 0 Å². The molecule has 0 saturated carbocycles. The molecule has 2 aromatic carbocycles. The fraction of sp³-hybridized carbons (Fsp3) is 0.333. The number of methoxy groups -OCH3 is 1. The predicted molar refractivity (Wildman–Crippen MR) is 142 cm³/mol. The summed E-state index contributed by atoms with van der Waals surface area (Å²) in [4.78, 5) is 28.4. The Kier molecular flexibility index (Phi) is 6.77. The van der Waals surface area contributed by atoms with Gasteiger partial charge in [0.1, 0.15) is 12.4 Å². The third-order valence-electron chi connectivity index (χ3n) is 6.86. The number of benzene rings is 2. The topological polar surface area (TPSA) is 120 Å². The van der Waals surface area contributed by atoms with E-state index in [2.05, 4.69) is 32.2 Å². The summed E-state index contributed by atoms with van der Waals surface area (Å²) in [5.41, 5.74) is 10.3. The van der Waals surface area contributed by atoms with Crippen LogP contribution in [0.25, 0.3) is 22.3 Å². The first-order valence-corrected chi connectivity index (χ1v) is 12.2. The largest absolute Gasteiger partial charge is 0.492 e. The van der Waals surface area contributed by atoms with Crippen molar-refractivity contribution in [2.75, 3.05) is 32.6 Å². The number of nitrogens with one attached hydrogen (secondary N) is 1. The minimum absolute atomic E-state index is 0.0610. The molecule has 192 valence electrons. The van der Waals surface area contributed by atoms with Crippen molar-refractivity contribution in [3.63, 3.8) is 0 Å². The smallest absolute Gasteiger partial charge is 0.271 e. The molecule has 2 aromatic heterocycles. The number of nitrogens with two attached hydrogens (primary N) is 1. The molecule has 5 rings (SSSR count). The molecule has 0 aliphatic carbocycles. The number of likely N-dealkylation sites (tertiary alicyclic amines) is 1. The quantitative estimate of drug-likeness (QED) is 0.377. The van der Waals surface area contributed by atoms with E-state index in [9.17, 15) is 4.79 Å². The molecule has 1 aliphatic heterocycles. The molecule has 4 aromatic rings. The molecule has 1 fully saturated rings. The van der Waals surface area contributed by atoms with Crippen molar-refractivity contribution in [2.24, 2.45) is 12.8 Å². The van der Waals surface area contributed by atoms with Crippen molar-refractivity contribution in [3.05, 3.63) is 60.2 Å². The lowest BCUT2D eigenvalue weighted by molar-refractivity contribution is 0.0996. The van der Waals surface area contributed by atoms with Crippen LogP contribution in [0.15, 0.2) is 48.8 Å². The number of carbonyl (C=O) groups excluding carboxylic acids is 1. The Bertz CT molecular complexity index is 1430. The number of aryl methyl sites for hydroxylation is 2. The van der Waals surface area contributed by atoms with Gasteiger partial charge < -0.3 is 25.1 Å². The number of anilines is 2. The summed E-state index contributed by atoms with van der Waals surface area (Å²) in [6, 6.07) is 13.6. The fourth-order valence-electron chi connectivity index (χ4n) is 4.74. The van der Waals surface area contributed by atoms with Gasteiger partial charge in [-0.3, -0.25) is 9.69 Å². The highest BCUT2D eigenvalue weighted by Crippen LogP contribution is 2.30. The predicted octanol–water partition coefficient (Wildman–Crippen LogP) is 3.28. The number of ether oxygens (including phenoxy) is 2. The summed E-state index contributed by atoms with van der Waals surface area (Å²) in [5.74, 6) is 0.393. The normalized spacial score (nSPS) is 17.8. The molecular formula is C27H31N7O3. The Balaban J connectivity index is 1.35. The van der Waals surface area contributed by atoms with Crippen LogP contribution in [0, 0.1) is 6.92 Å². The van der Waals surface area contributed by atoms with Crippen molar-refractivity contribution in [3.8, 4) is 17.0 Å². The Morgan fingerprint density at radius 1 is 1.16 bits per heavy atom. The van der Waals surface area contributed by atoms with Crippen LogP contribution in [-0.2, 0) is 11.8 Å². The van der Waals surface area contributed by atoms with E-state index in [0.29, 0.717) is 29.9 Å². The average Bonchev–Trinajstić information content (AvgIpc) is 3.45. The maximum absolute atomic E-state index is 12.3. The molecule has 3 N–H and O–H groups in total. The number of aromatic nitrogens is 4. The van der Waals surface area contributed by atoms with Crippen LogP contribution in [0.2, 0.25) is 0 Å². The van der Waals surface area contributed by atoms with Gasteiger partial charge in [0, 0.05) is 38.0 Å². The highest BCUT2D eigenvalue weighted by atomic mass is 16.5. The van der Waals surface area contributed by atoms with E-state index in [4.69, 9.17) is 15.2 Å². The summed E-state index contributed by atoms with van der Waals surface area (Å²) in [5, 5.41) is 3.19. The zero-order valence-corrected chi connectivity index (χ0v) is 21.4. The molecule has 0 bridgehead atoms. The Hall–Kier alpha value is -4.02. The lowest BCUT2D eigenvalue weighted by atomic mass is 10.1. The molecule has 0 radical (unpaired) electrons. The number of hydrogen-bond donors (Lipinski definition) is 2. The summed E-state index contributed by atoms with van der Waals surface area (Å²) < 4.78 is 13.4. The van der Waals surface area contributed by atoms with Gasteiger partial charge in [0.25, 0.3) is 5.91 Å². The molecule has 3 heterocycles. The van der Waals surface area contributed by atoms with Gasteiger partial charge in [-0.2, -0.15) is 0 Å². The van der Waals surface area contributed by atoms with Crippen molar-refractivity contribution in [1.29, 1.82) is 0 Å². The van der Waals surface area contributed by atoms with Crippen LogP contribution in [0.3, 0.4) is 0 Å². The van der Waals surface area contributed by atoms with E-state index in [1.165, 1.54) is 0 Å². The lowest BCUT2D eigenvalue weighted by Gasteiger charge is -2.19. The number of amides is 1. The third-order valence-corrected chi connectivity index (χ3v) is 6.86. The summed E-state index contributed by atoms with van der Waals surface area (Å²) in [6.45, 7) is 3.35. The Morgan fingerprint density at radius 2 is 1.95 bits per heavy atom. The molecule has 10 nitrogen and oxygen atoms in total. The second kappa shape index (κ2) is 10.2. The number of primary amides is 1. The average molecular weight is 502 g/mol. The van der Waals surface area contributed by atoms with Gasteiger partial charge in [0.2, 0.25) is 0 Å². The van der Waals surface area contributed by atoms with E-state index in [1.54, 1.807) is 13.4 Å². The molecule has 0 unspecified atom stereocenters. The van der Waals surface area contributed by atoms with Crippen LogP contribution in [0.5, 0.6) is 5.75 Å². The molecular weight excluding hydrogens is 470 g/mol. The zero-order valence-electron chi connectivity index (χ0n) is 21.4. The molecule has 1 aliphatic rings. The van der Waals surface area contributed by atoms with E-state index in [0.717, 1.165) is 41.0 Å². The lowest BCUT2D eigenvalue weighted by Crippen LogP contribution is -2.30. The van der Waals surface area contributed by atoms with E-state index in [1.807, 2.05) is 61.0 Å². The maximum Gasteiger partial charge on any atom is 0.271 e. The number of likely N-dealkylation sites (N-methyl/N-ethyl adjacent to an activating group) is 1. The fourth-order valence-corrected chi connectivity index (χ4v) is 4.74. The van der Waals surface area contributed by atoms with Gasteiger partial charge in [-0.1, -0.05) is 12.1 Å². The van der Waals surface area contributed by atoms with Crippen molar-refractivity contribution in [2.45, 2.75) is 25.5 Å². The second-order valence-electron chi connectivity index (χ2n) is 9.40. The zero-order chi connectivity index (χ0) is 26.1. The van der Waals surface area contributed by atoms with Crippen LogP contribution in [-0.4, -0.2) is 69.8 Å². The standard InChI is InChI=1S/C27H31N7O3/c1-16-23(21-6-5-7-22-24(21)29-15-34(22)3)32-25(26(28)35)27(30-16)31-17-8-10-19(11-9-17)37-14-18-12-20(36-4)13-33(18)2/h5-11,15,18,20H,12-14H2,1-4H3,(H2,28,35)(H,30,31)/t18-,20+/m1/s1. The van der Waals surface area contributed by atoms with Gasteiger partial charge in [0.15, 0.2) is 11.5 Å². The number of nitrogens with zero attached hydrogens (tertiary/aromatic N) is 5. The first kappa shape index (κ1) is 24.7. The van der Waals surface area contributed by atoms with Gasteiger partial charge in [-0.05, 0) is 50.7 Å². The minimum Gasteiger partial charge on any atom is -0.492 e. The van der Waals surface area contributed by atoms with Gasteiger partial charge in [-0.25, -0.2) is 15.0 Å². The highest BCUT2D eigenvalue weighted by molar-refractivity contribution is 5.98. The second-order valence-corrected chi connectivity index (χ2v) is 9.40. The number of carbonyl (C=O) groups is 1. The highest BCUT2D eigenvalue weighted by Gasteiger charge is 2.29. The number of hydrogen-bond acceptors (Lipinski definition) is 8. The van der Waals surface area contributed by atoms with Crippen molar-refractivity contribution in [1.82, 2.24) is 24.4 Å². The monoisotopic (exact) mass is 501 g/mol. The maximum atomic E-state index is 12.3. The Labute approximate surface area is 215 Å². The Morgan fingerprint density at radius 3 is 2.65 bits per heavy atom. The number of rotatable bonds is 8. The SMILES string of the molecule is CO[C@H]1C[C@H](COc2ccc(Nc3nc(C)c(-c4cccc5c4ncn5C)nc3C(N)=O)cc2)N(C)C1. The molecule has 10 heteroatoms. The van der Waals surface area contributed by atoms with Crippen LogP contribution in [0.1, 0.15) is 22.6 Å².